The van der Waals surface area contributed by atoms with Gasteiger partial charge in [0.2, 0.25) is 5.89 Å². The molecule has 3 aromatic rings. The zero-order chi connectivity index (χ0) is 12.5. The van der Waals surface area contributed by atoms with Crippen molar-refractivity contribution in [3.8, 4) is 23.9 Å². The van der Waals surface area contributed by atoms with Crippen LogP contribution in [-0.2, 0) is 6.54 Å². The number of para-hydroxylation sites is 1. The van der Waals surface area contributed by atoms with Gasteiger partial charge in [0.25, 0.3) is 5.89 Å². The molecule has 0 amide bonds. The van der Waals surface area contributed by atoms with Gasteiger partial charge in [-0.25, -0.2) is 0 Å². The van der Waals surface area contributed by atoms with Gasteiger partial charge in [-0.3, -0.25) is 0 Å². The zero-order valence-corrected chi connectivity index (χ0v) is 9.92. The van der Waals surface area contributed by atoms with Crippen molar-refractivity contribution in [1.82, 2.24) is 14.8 Å². The summed E-state index contributed by atoms with van der Waals surface area (Å²) in [6.45, 7) is 2.24. The van der Waals surface area contributed by atoms with Crippen LogP contribution in [0.25, 0.3) is 22.5 Å². The van der Waals surface area contributed by atoms with E-state index in [0.29, 0.717) is 18.3 Å². The number of aryl methyl sites for hydroxylation is 1. The van der Waals surface area contributed by atoms with Crippen LogP contribution in [0.5, 0.6) is 0 Å². The van der Waals surface area contributed by atoms with Gasteiger partial charge < -0.3 is 8.98 Å². The molecular formula is C14H11N3O. The van der Waals surface area contributed by atoms with Crippen molar-refractivity contribution in [1.29, 1.82) is 0 Å². The van der Waals surface area contributed by atoms with Crippen LogP contribution < -0.4 is 0 Å². The Morgan fingerprint density at radius 3 is 2.89 bits per heavy atom. The van der Waals surface area contributed by atoms with E-state index in [2.05, 4.69) is 16.1 Å². The van der Waals surface area contributed by atoms with Crippen LogP contribution in [0.1, 0.15) is 5.89 Å². The van der Waals surface area contributed by atoms with E-state index >= 15 is 0 Å². The lowest BCUT2D eigenvalue weighted by atomic mass is 10.2. The van der Waals surface area contributed by atoms with E-state index in [-0.39, 0.29) is 0 Å². The SMILES string of the molecule is C#CCn1c(-c2nnc(C)o2)cc2ccccc21. The van der Waals surface area contributed by atoms with Crippen molar-refractivity contribution in [2.24, 2.45) is 0 Å². The molecule has 2 heterocycles. The van der Waals surface area contributed by atoms with E-state index in [1.54, 1.807) is 6.92 Å². The third-order valence-electron chi connectivity index (χ3n) is 2.81. The number of terminal acetylenes is 1. The number of fused-ring (bicyclic) bond motifs is 1. The number of aromatic nitrogens is 3. The molecule has 18 heavy (non-hydrogen) atoms. The molecule has 0 unspecified atom stereocenters. The minimum absolute atomic E-state index is 0.476. The molecular weight excluding hydrogens is 226 g/mol. The average Bonchev–Trinajstić information content (AvgIpc) is 2.95. The van der Waals surface area contributed by atoms with Crippen molar-refractivity contribution in [2.45, 2.75) is 13.5 Å². The second kappa shape index (κ2) is 4.04. The van der Waals surface area contributed by atoms with E-state index in [1.807, 2.05) is 34.9 Å². The summed E-state index contributed by atoms with van der Waals surface area (Å²) in [5, 5.41) is 9.01. The quantitative estimate of drug-likeness (QED) is 0.643. The summed E-state index contributed by atoms with van der Waals surface area (Å²) in [5.41, 5.74) is 1.93. The first-order chi connectivity index (χ1) is 8.79. The van der Waals surface area contributed by atoms with Crippen molar-refractivity contribution in [2.75, 3.05) is 0 Å². The van der Waals surface area contributed by atoms with Crippen LogP contribution in [-0.4, -0.2) is 14.8 Å². The monoisotopic (exact) mass is 237 g/mol. The standard InChI is InChI=1S/C14H11N3O/c1-3-8-17-12-7-5-4-6-11(12)9-13(17)14-16-15-10(2)18-14/h1,4-7,9H,8H2,2H3. The Labute approximate surface area is 104 Å². The summed E-state index contributed by atoms with van der Waals surface area (Å²) in [6.07, 6.45) is 5.43. The highest BCUT2D eigenvalue weighted by atomic mass is 16.4. The number of benzene rings is 1. The number of hydrogen-bond acceptors (Lipinski definition) is 3. The summed E-state index contributed by atoms with van der Waals surface area (Å²) in [7, 11) is 0. The molecule has 4 heteroatoms. The van der Waals surface area contributed by atoms with E-state index < -0.39 is 0 Å². The summed E-state index contributed by atoms with van der Waals surface area (Å²) >= 11 is 0. The first kappa shape index (κ1) is 10.6. The predicted molar refractivity (Wildman–Crippen MR) is 68.8 cm³/mol. The molecule has 2 aromatic heterocycles. The molecule has 0 aliphatic carbocycles. The first-order valence-electron chi connectivity index (χ1n) is 5.62. The van der Waals surface area contributed by atoms with E-state index in [0.717, 1.165) is 16.6 Å². The molecule has 88 valence electrons. The Hall–Kier alpha value is -2.54. The molecule has 0 saturated heterocycles. The topological polar surface area (TPSA) is 43.9 Å². The molecule has 1 aromatic carbocycles. The number of hydrogen-bond donors (Lipinski definition) is 0. The second-order valence-corrected chi connectivity index (χ2v) is 4.00. The van der Waals surface area contributed by atoms with Gasteiger partial charge in [-0.2, -0.15) is 0 Å². The molecule has 4 nitrogen and oxygen atoms in total. The maximum absolute atomic E-state index is 5.47. The maximum atomic E-state index is 5.47. The Morgan fingerprint density at radius 2 is 2.17 bits per heavy atom. The molecule has 0 aliphatic heterocycles. The van der Waals surface area contributed by atoms with Gasteiger partial charge in [-0.15, -0.1) is 16.6 Å². The van der Waals surface area contributed by atoms with Crippen molar-refractivity contribution in [3.63, 3.8) is 0 Å². The predicted octanol–water partition coefficient (Wildman–Crippen LogP) is 2.63. The average molecular weight is 237 g/mol. The highest BCUT2D eigenvalue weighted by Gasteiger charge is 2.14. The third kappa shape index (κ3) is 1.57. The Bertz CT molecular complexity index is 746. The van der Waals surface area contributed by atoms with Crippen molar-refractivity contribution < 1.29 is 4.42 Å². The van der Waals surface area contributed by atoms with Gasteiger partial charge in [-0.05, 0) is 12.1 Å². The highest BCUT2D eigenvalue weighted by molar-refractivity contribution is 5.85. The molecule has 0 bridgehead atoms. The van der Waals surface area contributed by atoms with Gasteiger partial charge in [0.15, 0.2) is 0 Å². The van der Waals surface area contributed by atoms with Crippen LogP contribution in [0.2, 0.25) is 0 Å². The fraction of sp³-hybridized carbons (Fsp3) is 0.143. The zero-order valence-electron chi connectivity index (χ0n) is 9.92. The van der Waals surface area contributed by atoms with E-state index in [1.165, 1.54) is 0 Å². The highest BCUT2D eigenvalue weighted by Crippen LogP contribution is 2.27. The van der Waals surface area contributed by atoms with Crippen LogP contribution >= 0.6 is 0 Å². The second-order valence-electron chi connectivity index (χ2n) is 4.00. The Kier molecular flexibility index (Phi) is 2.38. The maximum Gasteiger partial charge on any atom is 0.264 e. The molecule has 0 saturated carbocycles. The molecule has 0 fully saturated rings. The summed E-state index contributed by atoms with van der Waals surface area (Å²) in [5.74, 6) is 3.70. The fourth-order valence-corrected chi connectivity index (χ4v) is 2.05. The van der Waals surface area contributed by atoms with Crippen molar-refractivity contribution >= 4 is 10.9 Å². The van der Waals surface area contributed by atoms with Crippen LogP contribution in [0.15, 0.2) is 34.7 Å². The number of rotatable bonds is 2. The van der Waals surface area contributed by atoms with E-state index in [9.17, 15) is 0 Å². The minimum Gasteiger partial charge on any atom is -0.420 e. The van der Waals surface area contributed by atoms with Gasteiger partial charge in [-0.1, -0.05) is 24.1 Å². The smallest absolute Gasteiger partial charge is 0.264 e. The van der Waals surface area contributed by atoms with Gasteiger partial charge in [0.1, 0.15) is 5.69 Å². The summed E-state index contributed by atoms with van der Waals surface area (Å²) in [4.78, 5) is 0. The lowest BCUT2D eigenvalue weighted by Gasteiger charge is -2.03. The lowest BCUT2D eigenvalue weighted by molar-refractivity contribution is 0.528. The molecule has 0 radical (unpaired) electrons. The Balaban J connectivity index is 2.28. The molecule has 0 spiro atoms. The molecule has 0 N–H and O–H groups in total. The fourth-order valence-electron chi connectivity index (χ4n) is 2.05. The summed E-state index contributed by atoms with van der Waals surface area (Å²) in [6, 6.07) is 10.1. The van der Waals surface area contributed by atoms with E-state index in [4.69, 9.17) is 10.8 Å². The number of nitrogens with zero attached hydrogens (tertiary/aromatic N) is 3. The van der Waals surface area contributed by atoms with Gasteiger partial charge in [0, 0.05) is 17.8 Å². The van der Waals surface area contributed by atoms with Gasteiger partial charge >= 0.3 is 0 Å². The van der Waals surface area contributed by atoms with Gasteiger partial charge in [0.05, 0.1) is 6.54 Å². The minimum atomic E-state index is 0.476. The van der Waals surface area contributed by atoms with Crippen LogP contribution in [0.3, 0.4) is 0 Å². The largest absolute Gasteiger partial charge is 0.420 e. The molecule has 0 atom stereocenters. The van der Waals surface area contributed by atoms with Crippen molar-refractivity contribution in [3.05, 3.63) is 36.2 Å². The van der Waals surface area contributed by atoms with Crippen LogP contribution in [0.4, 0.5) is 0 Å². The normalized spacial score (nSPS) is 10.7. The first-order valence-corrected chi connectivity index (χ1v) is 5.62. The Morgan fingerprint density at radius 1 is 1.33 bits per heavy atom. The van der Waals surface area contributed by atoms with Crippen LogP contribution in [0, 0.1) is 19.3 Å². The lowest BCUT2D eigenvalue weighted by Crippen LogP contribution is -1.97. The third-order valence-corrected chi connectivity index (χ3v) is 2.81. The summed E-state index contributed by atoms with van der Waals surface area (Å²) < 4.78 is 7.48. The molecule has 3 rings (SSSR count). The molecule has 0 aliphatic rings.